The number of likely N-dealkylation sites (N-methyl/N-ethyl adjacent to an activating group) is 1. The first kappa shape index (κ1) is 10.9. The van der Waals surface area contributed by atoms with Gasteiger partial charge in [-0.15, -0.1) is 0 Å². The first-order valence-electron chi connectivity index (χ1n) is 4.44. The molecular weight excluding hydrogens is 138 g/mol. The predicted molar refractivity (Wildman–Crippen MR) is 48.7 cm³/mol. The summed E-state index contributed by atoms with van der Waals surface area (Å²) in [5.41, 5.74) is -0.507. The molecule has 1 heterocycles. The Labute approximate surface area is 70.2 Å². The van der Waals surface area contributed by atoms with E-state index in [1.54, 1.807) is 0 Å². The third kappa shape index (κ3) is 2.80. The minimum Gasteiger partial charge on any atom is -0.389 e. The van der Waals surface area contributed by atoms with Crippen LogP contribution < -0.4 is 0 Å². The second-order valence-corrected chi connectivity index (χ2v) is 3.44. The van der Waals surface area contributed by atoms with Gasteiger partial charge in [0.15, 0.2) is 0 Å². The van der Waals surface area contributed by atoms with Crippen molar-refractivity contribution >= 4 is 0 Å². The minimum absolute atomic E-state index is 0.387. The Kier molecular flexibility index (Phi) is 4.04. The van der Waals surface area contributed by atoms with E-state index < -0.39 is 5.60 Å². The quantitative estimate of drug-likeness (QED) is 0.626. The first-order valence-corrected chi connectivity index (χ1v) is 4.44. The lowest BCUT2D eigenvalue weighted by Crippen LogP contribution is -2.56. The van der Waals surface area contributed by atoms with E-state index in [9.17, 15) is 5.11 Å². The summed E-state index contributed by atoms with van der Waals surface area (Å²) >= 11 is 0. The number of nitrogens with zero attached hydrogens (tertiary/aromatic N) is 1. The molecule has 1 rings (SSSR count). The molecule has 0 saturated carbocycles. The average molecular weight is 159 g/mol. The molecule has 0 aromatic heterocycles. The number of hydrogen-bond acceptors (Lipinski definition) is 2. The number of rotatable bonds is 1. The van der Waals surface area contributed by atoms with Crippen LogP contribution in [0.4, 0.5) is 0 Å². The molecule has 0 spiro atoms. The number of likely N-dealkylation sites (tertiary alicyclic amines) is 1. The molecule has 1 aliphatic heterocycles. The lowest BCUT2D eigenvalue weighted by Gasteiger charge is -2.45. The van der Waals surface area contributed by atoms with Crippen molar-refractivity contribution in [1.82, 2.24) is 4.90 Å². The maximum absolute atomic E-state index is 9.47. The highest BCUT2D eigenvalue weighted by Crippen LogP contribution is 2.24. The highest BCUT2D eigenvalue weighted by atomic mass is 16.3. The minimum atomic E-state index is -0.507. The van der Waals surface area contributed by atoms with E-state index in [0.717, 1.165) is 13.0 Å². The molecule has 0 aliphatic carbocycles. The molecule has 0 bridgehead atoms. The zero-order valence-corrected chi connectivity index (χ0v) is 8.39. The van der Waals surface area contributed by atoms with Crippen LogP contribution in [-0.2, 0) is 0 Å². The van der Waals surface area contributed by atoms with Gasteiger partial charge in [0, 0.05) is 6.04 Å². The molecule has 1 atom stereocenters. The molecule has 0 aromatic carbocycles. The van der Waals surface area contributed by atoms with Crippen LogP contribution in [0, 0.1) is 0 Å². The summed E-state index contributed by atoms with van der Waals surface area (Å²) in [6, 6.07) is 0.387. The van der Waals surface area contributed by atoms with Gasteiger partial charge in [0.25, 0.3) is 0 Å². The van der Waals surface area contributed by atoms with Gasteiger partial charge in [-0.05, 0) is 33.9 Å². The predicted octanol–water partition coefficient (Wildman–Crippen LogP) is 1.49. The average Bonchev–Trinajstić information content (AvgIpc) is 1.86. The summed E-state index contributed by atoms with van der Waals surface area (Å²) in [6.45, 7) is 8.87. The van der Waals surface area contributed by atoms with E-state index in [2.05, 4.69) is 4.90 Å². The molecule has 0 aromatic rings. The maximum atomic E-state index is 9.47. The van der Waals surface area contributed by atoms with Gasteiger partial charge < -0.3 is 10.0 Å². The summed E-state index contributed by atoms with van der Waals surface area (Å²) in [6.07, 6.45) is 1.14. The van der Waals surface area contributed by atoms with Crippen molar-refractivity contribution in [2.24, 2.45) is 0 Å². The molecule has 2 heteroatoms. The Morgan fingerprint density at radius 2 is 1.82 bits per heavy atom. The molecule has 68 valence electrons. The van der Waals surface area contributed by atoms with Crippen LogP contribution in [0.3, 0.4) is 0 Å². The van der Waals surface area contributed by atoms with Gasteiger partial charge in [0.2, 0.25) is 0 Å². The monoisotopic (exact) mass is 159 g/mol. The standard InChI is InChI=1S/C7H15NO.C2H6/c1-7(2,9)6-4-5-8(6)3;1-2/h6,9H,4-5H2,1-3H3;1-2H3. The molecule has 0 radical (unpaired) electrons. The lowest BCUT2D eigenvalue weighted by atomic mass is 9.89. The van der Waals surface area contributed by atoms with Crippen molar-refractivity contribution in [3.8, 4) is 0 Å². The highest BCUT2D eigenvalue weighted by Gasteiger charge is 2.36. The summed E-state index contributed by atoms with van der Waals surface area (Å²) in [5.74, 6) is 0. The van der Waals surface area contributed by atoms with Gasteiger partial charge >= 0.3 is 0 Å². The fourth-order valence-corrected chi connectivity index (χ4v) is 1.41. The Balaban J connectivity index is 0.000000461. The number of hydrogen-bond donors (Lipinski definition) is 1. The van der Waals surface area contributed by atoms with Crippen molar-refractivity contribution in [3.63, 3.8) is 0 Å². The Bertz CT molecular complexity index is 107. The largest absolute Gasteiger partial charge is 0.389 e. The van der Waals surface area contributed by atoms with Crippen LogP contribution in [-0.4, -0.2) is 35.2 Å². The first-order chi connectivity index (χ1) is 5.02. The van der Waals surface area contributed by atoms with Crippen LogP contribution in [0.5, 0.6) is 0 Å². The van der Waals surface area contributed by atoms with Gasteiger partial charge in [0.05, 0.1) is 5.60 Å². The Morgan fingerprint density at radius 3 is 1.82 bits per heavy atom. The third-order valence-corrected chi connectivity index (χ3v) is 2.10. The maximum Gasteiger partial charge on any atom is 0.0746 e. The van der Waals surface area contributed by atoms with E-state index in [0.29, 0.717) is 6.04 Å². The van der Waals surface area contributed by atoms with Crippen LogP contribution in [0.1, 0.15) is 34.1 Å². The van der Waals surface area contributed by atoms with Crippen LogP contribution in [0.25, 0.3) is 0 Å². The Hall–Kier alpha value is -0.0800. The summed E-state index contributed by atoms with van der Waals surface area (Å²) in [5, 5.41) is 9.47. The second kappa shape index (κ2) is 4.07. The van der Waals surface area contributed by atoms with Gasteiger partial charge in [-0.25, -0.2) is 0 Å². The molecular formula is C9H21NO. The summed E-state index contributed by atoms with van der Waals surface area (Å²) < 4.78 is 0. The third-order valence-electron chi connectivity index (χ3n) is 2.10. The molecule has 1 unspecified atom stereocenters. The normalized spacial score (nSPS) is 25.1. The van der Waals surface area contributed by atoms with Gasteiger partial charge in [-0.2, -0.15) is 0 Å². The highest BCUT2D eigenvalue weighted by molar-refractivity contribution is 4.91. The lowest BCUT2D eigenvalue weighted by molar-refractivity contribution is -0.0573. The summed E-state index contributed by atoms with van der Waals surface area (Å²) in [4.78, 5) is 2.18. The van der Waals surface area contributed by atoms with Gasteiger partial charge in [0.1, 0.15) is 0 Å². The van der Waals surface area contributed by atoms with E-state index in [-0.39, 0.29) is 0 Å². The molecule has 0 amide bonds. The topological polar surface area (TPSA) is 23.5 Å². The SMILES string of the molecule is CC.CN1CCC1C(C)(C)O. The molecule has 2 nitrogen and oxygen atoms in total. The fourth-order valence-electron chi connectivity index (χ4n) is 1.41. The van der Waals surface area contributed by atoms with E-state index >= 15 is 0 Å². The Morgan fingerprint density at radius 1 is 1.36 bits per heavy atom. The van der Waals surface area contributed by atoms with Crippen LogP contribution >= 0.6 is 0 Å². The van der Waals surface area contributed by atoms with Crippen LogP contribution in [0.2, 0.25) is 0 Å². The molecule has 1 N–H and O–H groups in total. The zero-order valence-electron chi connectivity index (χ0n) is 8.39. The molecule has 1 fully saturated rings. The smallest absolute Gasteiger partial charge is 0.0746 e. The molecule has 1 aliphatic rings. The second-order valence-electron chi connectivity index (χ2n) is 3.44. The fraction of sp³-hybridized carbons (Fsp3) is 1.00. The zero-order chi connectivity index (χ0) is 9.07. The van der Waals surface area contributed by atoms with Crippen molar-refractivity contribution < 1.29 is 5.11 Å². The number of aliphatic hydroxyl groups is 1. The van der Waals surface area contributed by atoms with Gasteiger partial charge in [-0.3, -0.25) is 0 Å². The summed E-state index contributed by atoms with van der Waals surface area (Å²) in [7, 11) is 2.05. The molecule has 1 saturated heterocycles. The van der Waals surface area contributed by atoms with E-state index in [1.807, 2.05) is 34.7 Å². The van der Waals surface area contributed by atoms with Gasteiger partial charge in [-0.1, -0.05) is 13.8 Å². The van der Waals surface area contributed by atoms with E-state index in [1.165, 1.54) is 0 Å². The van der Waals surface area contributed by atoms with Crippen LogP contribution in [0.15, 0.2) is 0 Å². The van der Waals surface area contributed by atoms with E-state index in [4.69, 9.17) is 0 Å². The van der Waals surface area contributed by atoms with Crippen molar-refractivity contribution in [2.75, 3.05) is 13.6 Å². The van der Waals surface area contributed by atoms with Crippen molar-refractivity contribution in [3.05, 3.63) is 0 Å². The van der Waals surface area contributed by atoms with Crippen molar-refractivity contribution in [2.45, 2.75) is 45.8 Å². The van der Waals surface area contributed by atoms with Crippen molar-refractivity contribution in [1.29, 1.82) is 0 Å². The molecule has 11 heavy (non-hydrogen) atoms.